The van der Waals surface area contributed by atoms with Gasteiger partial charge in [0.25, 0.3) is 0 Å². The van der Waals surface area contributed by atoms with Gasteiger partial charge in [0.1, 0.15) is 24.7 Å². The Balaban J connectivity index is 1.10. The molecule has 0 unspecified atom stereocenters. The van der Waals surface area contributed by atoms with Crippen molar-refractivity contribution < 1.29 is 38.0 Å². The van der Waals surface area contributed by atoms with Crippen LogP contribution in [0.25, 0.3) is 22.5 Å². The predicted octanol–water partition coefficient (Wildman–Crippen LogP) is 7.84. The molecule has 11 heteroatoms. The predicted molar refractivity (Wildman–Crippen MR) is 202 cm³/mol. The van der Waals surface area contributed by atoms with E-state index in [1.165, 1.54) is 0 Å². The zero-order valence-corrected chi connectivity index (χ0v) is 29.6. The van der Waals surface area contributed by atoms with E-state index >= 15 is 0 Å². The highest BCUT2D eigenvalue weighted by Crippen LogP contribution is 2.30. The molecular weight excluding hydrogens is 686 g/mol. The summed E-state index contributed by atoms with van der Waals surface area (Å²) >= 11 is 0. The lowest BCUT2D eigenvalue weighted by Crippen LogP contribution is -2.06. The standard InChI is InChI=1S/C43H39N3O8/c1-3-42(47)51-23-5-21-49-36-14-10-34(11-15-36)38-18-7-32(27-45-38)29-53-40-20-9-31(26-44)25-41(40)54-30-33-8-19-39(46-28-33)35-12-16-37(17-13-35)50-22-6-24-52-43(48)4-2/h3-4,7-20,25,27-28H,1-2,5-6,21-24,29-30H2. The number of pyridine rings is 2. The third-order valence-electron chi connectivity index (χ3n) is 7.75. The minimum atomic E-state index is -0.447. The average molecular weight is 726 g/mol. The van der Waals surface area contributed by atoms with Crippen LogP contribution in [0.4, 0.5) is 0 Å². The monoisotopic (exact) mass is 725 g/mol. The molecule has 0 fully saturated rings. The zero-order chi connectivity index (χ0) is 38.0. The number of benzene rings is 3. The van der Waals surface area contributed by atoms with Gasteiger partial charge in [-0.05, 0) is 72.8 Å². The summed E-state index contributed by atoms with van der Waals surface area (Å²) in [7, 11) is 0. The van der Waals surface area contributed by atoms with E-state index in [1.54, 1.807) is 30.6 Å². The number of aromatic nitrogens is 2. The first-order valence-electron chi connectivity index (χ1n) is 17.2. The highest BCUT2D eigenvalue weighted by molar-refractivity contribution is 5.81. The Morgan fingerprint density at radius 1 is 0.593 bits per heavy atom. The number of hydrogen-bond acceptors (Lipinski definition) is 11. The third kappa shape index (κ3) is 11.8. The first-order valence-corrected chi connectivity index (χ1v) is 17.2. The largest absolute Gasteiger partial charge is 0.493 e. The Hall–Kier alpha value is -6.93. The number of nitrogens with zero attached hydrogens (tertiary/aromatic N) is 3. The second kappa shape index (κ2) is 20.2. The Morgan fingerprint density at radius 2 is 1.07 bits per heavy atom. The van der Waals surface area contributed by atoms with E-state index in [9.17, 15) is 14.9 Å². The van der Waals surface area contributed by atoms with Gasteiger partial charge in [0.05, 0.1) is 49.4 Å². The van der Waals surface area contributed by atoms with Crippen molar-refractivity contribution in [1.29, 1.82) is 5.26 Å². The molecule has 2 aromatic heterocycles. The number of hydrogen-bond donors (Lipinski definition) is 0. The maximum atomic E-state index is 11.1. The normalized spacial score (nSPS) is 10.4. The van der Waals surface area contributed by atoms with Crippen molar-refractivity contribution in [2.24, 2.45) is 0 Å². The van der Waals surface area contributed by atoms with Gasteiger partial charge in [-0.3, -0.25) is 9.97 Å². The summed E-state index contributed by atoms with van der Waals surface area (Å²) in [5, 5.41) is 9.49. The SMILES string of the molecule is C=CC(=O)OCCCOc1ccc(-c2ccc(COc3ccc(C#N)cc3OCc3ccc(-c4ccc(OCCCOC(=O)C=C)cc4)nc3)cn2)cc1. The van der Waals surface area contributed by atoms with Gasteiger partial charge in [0, 0.05) is 65.7 Å². The topological polar surface area (TPSA) is 139 Å². The van der Waals surface area contributed by atoms with E-state index in [0.717, 1.165) is 45.8 Å². The summed E-state index contributed by atoms with van der Waals surface area (Å²) in [4.78, 5) is 31.4. The molecule has 0 N–H and O–H groups in total. The fraction of sp³-hybridized carbons (Fsp3) is 0.186. The minimum Gasteiger partial charge on any atom is -0.493 e. The zero-order valence-electron chi connectivity index (χ0n) is 29.6. The molecule has 3 aromatic carbocycles. The molecule has 5 aromatic rings. The second-order valence-corrected chi connectivity index (χ2v) is 11.7. The van der Waals surface area contributed by atoms with E-state index in [-0.39, 0.29) is 26.4 Å². The smallest absolute Gasteiger partial charge is 0.330 e. The van der Waals surface area contributed by atoms with E-state index in [2.05, 4.69) is 29.2 Å². The first-order chi connectivity index (χ1) is 26.4. The maximum Gasteiger partial charge on any atom is 0.330 e. The van der Waals surface area contributed by atoms with E-state index in [4.69, 9.17) is 28.4 Å². The van der Waals surface area contributed by atoms with Crippen molar-refractivity contribution in [2.75, 3.05) is 26.4 Å². The lowest BCUT2D eigenvalue weighted by atomic mass is 10.1. The molecule has 0 atom stereocenters. The van der Waals surface area contributed by atoms with Crippen LogP contribution < -0.4 is 18.9 Å². The average Bonchev–Trinajstić information content (AvgIpc) is 3.22. The Morgan fingerprint density at radius 3 is 1.50 bits per heavy atom. The van der Waals surface area contributed by atoms with Crippen molar-refractivity contribution in [3.05, 3.63) is 145 Å². The van der Waals surface area contributed by atoms with Crippen molar-refractivity contribution in [3.8, 4) is 51.6 Å². The van der Waals surface area contributed by atoms with Crippen molar-refractivity contribution in [2.45, 2.75) is 26.1 Å². The van der Waals surface area contributed by atoms with E-state index in [0.29, 0.717) is 54.6 Å². The lowest BCUT2D eigenvalue weighted by molar-refractivity contribution is -0.138. The maximum absolute atomic E-state index is 11.1. The molecule has 0 aliphatic carbocycles. The van der Waals surface area contributed by atoms with Crippen LogP contribution in [-0.4, -0.2) is 48.3 Å². The molecule has 54 heavy (non-hydrogen) atoms. The summed E-state index contributed by atoms with van der Waals surface area (Å²) in [6, 6.07) is 30.1. The molecule has 0 amide bonds. The Kier molecular flexibility index (Phi) is 14.3. The van der Waals surface area contributed by atoms with Crippen LogP contribution in [0.15, 0.2) is 129 Å². The second-order valence-electron chi connectivity index (χ2n) is 11.7. The summed E-state index contributed by atoms with van der Waals surface area (Å²) in [5.41, 5.74) is 5.60. The van der Waals surface area contributed by atoms with Gasteiger partial charge in [-0.2, -0.15) is 5.26 Å². The van der Waals surface area contributed by atoms with Gasteiger partial charge in [-0.15, -0.1) is 0 Å². The number of carbonyl (C=O) groups excluding carboxylic acids is 2. The summed E-state index contributed by atoms with van der Waals surface area (Å²) in [6.45, 7) is 8.58. The van der Waals surface area contributed by atoms with Crippen LogP contribution in [0, 0.1) is 11.3 Å². The first kappa shape index (κ1) is 38.3. The Labute approximate surface area is 314 Å². The summed E-state index contributed by atoms with van der Waals surface area (Å²) < 4.78 is 33.6. The fourth-order valence-electron chi connectivity index (χ4n) is 4.90. The molecule has 0 radical (unpaired) electrons. The van der Waals surface area contributed by atoms with Crippen LogP contribution in [0.3, 0.4) is 0 Å². The molecular formula is C43H39N3O8. The van der Waals surface area contributed by atoms with Gasteiger partial charge in [-0.25, -0.2) is 9.59 Å². The Bertz CT molecular complexity index is 2040. The highest BCUT2D eigenvalue weighted by atomic mass is 16.5. The van der Waals surface area contributed by atoms with E-state index in [1.807, 2.05) is 72.8 Å². The fourth-order valence-corrected chi connectivity index (χ4v) is 4.90. The molecule has 274 valence electrons. The van der Waals surface area contributed by atoms with Crippen molar-refractivity contribution in [1.82, 2.24) is 9.97 Å². The quantitative estimate of drug-likeness (QED) is 0.0441. The van der Waals surface area contributed by atoms with Crippen LogP contribution in [0.1, 0.15) is 29.5 Å². The number of esters is 2. The van der Waals surface area contributed by atoms with Gasteiger partial charge < -0.3 is 28.4 Å². The van der Waals surface area contributed by atoms with Gasteiger partial charge >= 0.3 is 11.9 Å². The van der Waals surface area contributed by atoms with Crippen LogP contribution in [0.2, 0.25) is 0 Å². The van der Waals surface area contributed by atoms with Gasteiger partial charge in [0.15, 0.2) is 11.5 Å². The van der Waals surface area contributed by atoms with Crippen LogP contribution in [0.5, 0.6) is 23.0 Å². The van der Waals surface area contributed by atoms with E-state index < -0.39 is 11.9 Å². The molecule has 0 bridgehead atoms. The van der Waals surface area contributed by atoms with Gasteiger partial charge in [-0.1, -0.05) is 25.3 Å². The van der Waals surface area contributed by atoms with Gasteiger partial charge in [0.2, 0.25) is 0 Å². The van der Waals surface area contributed by atoms with Crippen molar-refractivity contribution >= 4 is 11.9 Å². The number of carbonyl (C=O) groups is 2. The molecule has 0 aliphatic heterocycles. The summed E-state index contributed by atoms with van der Waals surface area (Å²) in [6.07, 6.45) is 6.92. The molecule has 2 heterocycles. The minimum absolute atomic E-state index is 0.221. The molecule has 5 rings (SSSR count). The van der Waals surface area contributed by atoms with Crippen molar-refractivity contribution in [3.63, 3.8) is 0 Å². The number of ether oxygens (including phenoxy) is 6. The number of nitriles is 1. The highest BCUT2D eigenvalue weighted by Gasteiger charge is 2.10. The molecule has 0 saturated carbocycles. The summed E-state index contributed by atoms with van der Waals surface area (Å²) in [5.74, 6) is 1.46. The molecule has 0 spiro atoms. The third-order valence-corrected chi connectivity index (χ3v) is 7.75. The lowest BCUT2D eigenvalue weighted by Gasteiger charge is -2.14. The van der Waals surface area contributed by atoms with Crippen LogP contribution in [-0.2, 0) is 32.3 Å². The molecule has 0 saturated heterocycles. The molecule has 11 nitrogen and oxygen atoms in total. The van der Waals surface area contributed by atoms with Crippen LogP contribution >= 0.6 is 0 Å². The number of rotatable bonds is 20. The molecule has 0 aliphatic rings.